The molecule has 7 heteroatoms. The SMILES string of the molecule is CSc1nc(N)c(-c2ccc(Cl)cc2)c(OCCO)n1. The summed E-state index contributed by atoms with van der Waals surface area (Å²) in [5.74, 6) is 0.692. The Bertz CT molecular complexity index is 593. The predicted octanol–water partition coefficient (Wildman–Crippen LogP) is 2.47. The fourth-order valence-electron chi connectivity index (χ4n) is 1.66. The number of rotatable bonds is 5. The van der Waals surface area contributed by atoms with Crippen molar-refractivity contribution in [1.82, 2.24) is 9.97 Å². The normalized spacial score (nSPS) is 10.6. The lowest BCUT2D eigenvalue weighted by Gasteiger charge is -2.13. The number of halogens is 1. The Morgan fingerprint density at radius 3 is 2.60 bits per heavy atom. The van der Waals surface area contributed by atoms with Crippen LogP contribution in [0.2, 0.25) is 5.02 Å². The summed E-state index contributed by atoms with van der Waals surface area (Å²) in [6.07, 6.45) is 1.85. The summed E-state index contributed by atoms with van der Waals surface area (Å²) in [7, 11) is 0. The number of nitrogen functional groups attached to an aromatic ring is 1. The first kappa shape index (κ1) is 14.9. The van der Waals surface area contributed by atoms with E-state index in [1.165, 1.54) is 11.8 Å². The molecule has 0 saturated heterocycles. The minimum absolute atomic E-state index is 0.0986. The lowest BCUT2D eigenvalue weighted by molar-refractivity contribution is 0.196. The molecule has 0 saturated carbocycles. The fourth-order valence-corrected chi connectivity index (χ4v) is 2.15. The van der Waals surface area contributed by atoms with Crippen LogP contribution in [0.25, 0.3) is 11.1 Å². The zero-order valence-electron chi connectivity index (χ0n) is 10.8. The van der Waals surface area contributed by atoms with Gasteiger partial charge >= 0.3 is 0 Å². The average molecular weight is 312 g/mol. The number of ether oxygens (including phenoxy) is 1. The molecule has 1 aromatic heterocycles. The van der Waals surface area contributed by atoms with Crippen molar-refractivity contribution in [2.24, 2.45) is 0 Å². The van der Waals surface area contributed by atoms with Gasteiger partial charge in [0.05, 0.1) is 12.2 Å². The summed E-state index contributed by atoms with van der Waals surface area (Å²) >= 11 is 7.25. The van der Waals surface area contributed by atoms with Crippen molar-refractivity contribution in [3.05, 3.63) is 29.3 Å². The molecule has 0 amide bonds. The molecule has 0 aliphatic heterocycles. The molecule has 1 aromatic carbocycles. The van der Waals surface area contributed by atoms with Crippen LogP contribution < -0.4 is 10.5 Å². The Morgan fingerprint density at radius 1 is 1.30 bits per heavy atom. The third-order valence-electron chi connectivity index (χ3n) is 2.53. The highest BCUT2D eigenvalue weighted by Gasteiger charge is 2.15. The number of hydrogen-bond donors (Lipinski definition) is 2. The number of hydrogen-bond acceptors (Lipinski definition) is 6. The highest BCUT2D eigenvalue weighted by molar-refractivity contribution is 7.98. The second-order valence-corrected chi connectivity index (χ2v) is 5.06. The Labute approximate surface area is 126 Å². The lowest BCUT2D eigenvalue weighted by atomic mass is 10.1. The average Bonchev–Trinajstić information content (AvgIpc) is 2.46. The number of benzene rings is 1. The van der Waals surface area contributed by atoms with Gasteiger partial charge in [-0.25, -0.2) is 4.98 Å². The fraction of sp³-hybridized carbons (Fsp3) is 0.231. The summed E-state index contributed by atoms with van der Waals surface area (Å²) in [5.41, 5.74) is 7.42. The minimum atomic E-state index is -0.0986. The molecule has 0 atom stereocenters. The molecule has 0 fully saturated rings. The van der Waals surface area contributed by atoms with Gasteiger partial charge in [0.1, 0.15) is 12.4 Å². The van der Waals surface area contributed by atoms with Gasteiger partial charge < -0.3 is 15.6 Å². The molecule has 0 spiro atoms. The van der Waals surface area contributed by atoms with Gasteiger partial charge in [-0.2, -0.15) is 4.98 Å². The van der Waals surface area contributed by atoms with Crippen LogP contribution in [0.3, 0.4) is 0 Å². The number of nitrogens with two attached hydrogens (primary N) is 1. The van der Waals surface area contributed by atoms with Crippen LogP contribution in [-0.2, 0) is 0 Å². The molecule has 5 nitrogen and oxygen atoms in total. The standard InChI is InChI=1S/C13H14ClN3O2S/c1-20-13-16-11(15)10(12(17-13)19-7-6-18)8-2-4-9(14)5-3-8/h2-5,18H,6-7H2,1H3,(H2,15,16,17). The lowest BCUT2D eigenvalue weighted by Crippen LogP contribution is -2.08. The topological polar surface area (TPSA) is 81.3 Å². The van der Waals surface area contributed by atoms with Gasteiger partial charge in [-0.15, -0.1) is 0 Å². The van der Waals surface area contributed by atoms with Crippen LogP contribution in [0, 0.1) is 0 Å². The third-order valence-corrected chi connectivity index (χ3v) is 3.33. The van der Waals surface area contributed by atoms with Crippen LogP contribution in [0.1, 0.15) is 0 Å². The summed E-state index contributed by atoms with van der Waals surface area (Å²) < 4.78 is 5.47. The van der Waals surface area contributed by atoms with E-state index in [1.54, 1.807) is 12.1 Å². The number of thioether (sulfide) groups is 1. The van der Waals surface area contributed by atoms with E-state index in [-0.39, 0.29) is 13.2 Å². The molecule has 20 heavy (non-hydrogen) atoms. The zero-order chi connectivity index (χ0) is 14.5. The second-order valence-electron chi connectivity index (χ2n) is 3.85. The maximum absolute atomic E-state index is 8.90. The molecule has 1 heterocycles. The maximum Gasteiger partial charge on any atom is 0.227 e. The maximum atomic E-state index is 8.90. The van der Waals surface area contributed by atoms with Crippen molar-refractivity contribution in [3.8, 4) is 17.0 Å². The molecule has 106 valence electrons. The van der Waals surface area contributed by atoms with E-state index >= 15 is 0 Å². The minimum Gasteiger partial charge on any atom is -0.475 e. The largest absolute Gasteiger partial charge is 0.475 e. The molecule has 2 rings (SSSR count). The van der Waals surface area contributed by atoms with Crippen LogP contribution in [0.4, 0.5) is 5.82 Å². The Balaban J connectivity index is 2.51. The van der Waals surface area contributed by atoms with E-state index in [0.29, 0.717) is 27.4 Å². The van der Waals surface area contributed by atoms with E-state index in [4.69, 9.17) is 27.2 Å². The molecule has 0 aliphatic rings. The van der Waals surface area contributed by atoms with Gasteiger partial charge in [0.25, 0.3) is 0 Å². The van der Waals surface area contributed by atoms with Crippen LogP contribution in [0.5, 0.6) is 5.88 Å². The monoisotopic (exact) mass is 311 g/mol. The first-order valence-electron chi connectivity index (χ1n) is 5.86. The third kappa shape index (κ3) is 3.33. The summed E-state index contributed by atoms with van der Waals surface area (Å²) in [4.78, 5) is 8.51. The van der Waals surface area contributed by atoms with Crippen molar-refractivity contribution in [2.75, 3.05) is 25.2 Å². The Kier molecular flexibility index (Phi) is 5.05. The van der Waals surface area contributed by atoms with Crippen LogP contribution >= 0.6 is 23.4 Å². The first-order valence-corrected chi connectivity index (χ1v) is 7.47. The van der Waals surface area contributed by atoms with E-state index in [2.05, 4.69) is 9.97 Å². The van der Waals surface area contributed by atoms with Crippen molar-refractivity contribution in [3.63, 3.8) is 0 Å². The van der Waals surface area contributed by atoms with Crippen LogP contribution in [-0.4, -0.2) is 34.5 Å². The predicted molar refractivity (Wildman–Crippen MR) is 81.3 cm³/mol. The molecule has 0 unspecified atom stereocenters. The molecule has 2 aromatic rings. The quantitative estimate of drug-likeness (QED) is 0.652. The summed E-state index contributed by atoms with van der Waals surface area (Å²) in [5, 5.41) is 10.1. The molecular formula is C13H14ClN3O2S. The molecule has 0 bridgehead atoms. The van der Waals surface area contributed by atoms with Gasteiger partial charge in [0.2, 0.25) is 5.88 Å². The van der Waals surface area contributed by atoms with Crippen molar-refractivity contribution in [1.29, 1.82) is 0 Å². The van der Waals surface area contributed by atoms with Crippen molar-refractivity contribution >= 4 is 29.2 Å². The summed E-state index contributed by atoms with van der Waals surface area (Å²) in [6.45, 7) is 0.0451. The Morgan fingerprint density at radius 2 is 2.00 bits per heavy atom. The van der Waals surface area contributed by atoms with Crippen molar-refractivity contribution in [2.45, 2.75) is 5.16 Å². The van der Waals surface area contributed by atoms with E-state index in [9.17, 15) is 0 Å². The molecule has 0 aliphatic carbocycles. The first-order chi connectivity index (χ1) is 9.65. The van der Waals surface area contributed by atoms with Gasteiger partial charge in [0, 0.05) is 5.02 Å². The van der Waals surface area contributed by atoms with Crippen LogP contribution in [0.15, 0.2) is 29.4 Å². The number of nitrogens with zero attached hydrogens (tertiary/aromatic N) is 2. The van der Waals surface area contributed by atoms with E-state index in [1.807, 2.05) is 18.4 Å². The van der Waals surface area contributed by atoms with Gasteiger partial charge in [0.15, 0.2) is 5.16 Å². The number of aromatic nitrogens is 2. The number of aliphatic hydroxyl groups excluding tert-OH is 1. The van der Waals surface area contributed by atoms with Gasteiger partial charge in [-0.1, -0.05) is 35.5 Å². The highest BCUT2D eigenvalue weighted by atomic mass is 35.5. The number of aliphatic hydroxyl groups is 1. The summed E-state index contributed by atoms with van der Waals surface area (Å²) in [6, 6.07) is 7.16. The molecule has 0 radical (unpaired) electrons. The van der Waals surface area contributed by atoms with E-state index < -0.39 is 0 Å². The highest BCUT2D eigenvalue weighted by Crippen LogP contribution is 2.34. The van der Waals surface area contributed by atoms with Crippen molar-refractivity contribution < 1.29 is 9.84 Å². The Hall–Kier alpha value is -1.50. The van der Waals surface area contributed by atoms with E-state index in [0.717, 1.165) is 5.56 Å². The van der Waals surface area contributed by atoms with Gasteiger partial charge in [-0.3, -0.25) is 0 Å². The molecule has 3 N–H and O–H groups in total. The second kappa shape index (κ2) is 6.78. The smallest absolute Gasteiger partial charge is 0.227 e. The number of anilines is 1. The molecular weight excluding hydrogens is 298 g/mol. The van der Waals surface area contributed by atoms with Gasteiger partial charge in [-0.05, 0) is 24.0 Å². The zero-order valence-corrected chi connectivity index (χ0v) is 12.4.